The number of carbonyl (C=O) groups excluding carboxylic acids is 2. The number of epoxide rings is 1. The molecule has 24 heavy (non-hydrogen) atoms. The molecule has 4 heteroatoms. The van der Waals surface area contributed by atoms with Gasteiger partial charge >= 0.3 is 5.97 Å². The van der Waals surface area contributed by atoms with Crippen LogP contribution in [0.5, 0.6) is 0 Å². The van der Waals surface area contributed by atoms with Crippen LogP contribution in [-0.2, 0) is 19.1 Å². The van der Waals surface area contributed by atoms with Gasteiger partial charge in [0.25, 0.3) is 0 Å². The normalized spacial score (nSPS) is 51.7. The monoisotopic (exact) mass is 330 g/mol. The second-order valence-corrected chi connectivity index (χ2v) is 8.89. The molecule has 4 nitrogen and oxygen atoms in total. The number of esters is 1. The molecule has 0 aromatic carbocycles. The maximum atomic E-state index is 11.8. The van der Waals surface area contributed by atoms with Crippen LogP contribution in [0.1, 0.15) is 65.2 Å². The van der Waals surface area contributed by atoms with Crippen molar-refractivity contribution in [3.8, 4) is 0 Å². The molecule has 0 radical (unpaired) electrons. The fourth-order valence-electron chi connectivity index (χ4n) is 6.97. The van der Waals surface area contributed by atoms with E-state index in [0.717, 1.165) is 44.9 Å². The van der Waals surface area contributed by atoms with Crippen LogP contribution in [0.3, 0.4) is 0 Å². The first-order valence-corrected chi connectivity index (χ1v) is 9.53. The van der Waals surface area contributed by atoms with Crippen LogP contribution in [-0.4, -0.2) is 29.1 Å². The number of fused-ring (bicyclic) bond motifs is 2. The summed E-state index contributed by atoms with van der Waals surface area (Å²) >= 11 is 0. The highest BCUT2D eigenvalue weighted by molar-refractivity contribution is 5.92. The molecule has 5 aliphatic rings. The van der Waals surface area contributed by atoms with Gasteiger partial charge in [0.15, 0.2) is 5.78 Å². The topological polar surface area (TPSA) is 55.9 Å². The number of hydrogen-bond acceptors (Lipinski definition) is 4. The lowest BCUT2D eigenvalue weighted by Crippen LogP contribution is -2.53. The van der Waals surface area contributed by atoms with Crippen molar-refractivity contribution in [2.24, 2.45) is 17.3 Å². The molecule has 1 heterocycles. The summed E-state index contributed by atoms with van der Waals surface area (Å²) in [6.07, 6.45) is 9.83. The van der Waals surface area contributed by atoms with Crippen molar-refractivity contribution in [2.45, 2.75) is 82.5 Å². The Morgan fingerprint density at radius 2 is 2.00 bits per heavy atom. The van der Waals surface area contributed by atoms with Crippen molar-refractivity contribution in [3.63, 3.8) is 0 Å². The predicted octanol–water partition coefficient (Wildman–Crippen LogP) is 3.34. The number of rotatable bonds is 1. The van der Waals surface area contributed by atoms with E-state index < -0.39 is 0 Å². The third kappa shape index (κ3) is 1.63. The Morgan fingerprint density at radius 1 is 1.17 bits per heavy atom. The van der Waals surface area contributed by atoms with Gasteiger partial charge in [-0.1, -0.05) is 6.92 Å². The van der Waals surface area contributed by atoms with Crippen LogP contribution in [0.2, 0.25) is 0 Å². The number of hydrogen-bond donors (Lipinski definition) is 0. The van der Waals surface area contributed by atoms with Gasteiger partial charge < -0.3 is 9.47 Å². The average molecular weight is 330 g/mol. The quantitative estimate of drug-likeness (QED) is 0.546. The van der Waals surface area contributed by atoms with E-state index in [-0.39, 0.29) is 34.5 Å². The highest BCUT2D eigenvalue weighted by atomic mass is 16.6. The Labute approximate surface area is 143 Å². The third-order valence-corrected chi connectivity index (χ3v) is 8.05. The Hall–Kier alpha value is -1.16. The molecule has 2 spiro atoms. The summed E-state index contributed by atoms with van der Waals surface area (Å²) in [5, 5.41) is 0. The molecule has 0 amide bonds. The smallest absolute Gasteiger partial charge is 0.302 e. The van der Waals surface area contributed by atoms with Crippen LogP contribution in [0.4, 0.5) is 0 Å². The molecule has 0 aromatic heterocycles. The lowest BCUT2D eigenvalue weighted by Gasteiger charge is -2.50. The minimum absolute atomic E-state index is 0.0208. The second kappa shape index (κ2) is 4.51. The molecule has 1 aliphatic heterocycles. The maximum Gasteiger partial charge on any atom is 0.302 e. The van der Waals surface area contributed by atoms with E-state index in [2.05, 4.69) is 6.92 Å². The molecule has 130 valence electrons. The zero-order chi connectivity index (χ0) is 16.7. The summed E-state index contributed by atoms with van der Waals surface area (Å²) in [4.78, 5) is 23.3. The Bertz CT molecular complexity index is 667. The van der Waals surface area contributed by atoms with Gasteiger partial charge in [-0.3, -0.25) is 9.59 Å². The number of carbonyl (C=O) groups is 2. The summed E-state index contributed by atoms with van der Waals surface area (Å²) in [5.41, 5.74) is 1.23. The van der Waals surface area contributed by atoms with Crippen LogP contribution < -0.4 is 0 Å². The van der Waals surface area contributed by atoms with Crippen LogP contribution >= 0.6 is 0 Å². The van der Waals surface area contributed by atoms with Crippen molar-refractivity contribution < 1.29 is 19.1 Å². The van der Waals surface area contributed by atoms with Crippen molar-refractivity contribution in [3.05, 3.63) is 11.6 Å². The van der Waals surface area contributed by atoms with Gasteiger partial charge in [-0.25, -0.2) is 0 Å². The summed E-state index contributed by atoms with van der Waals surface area (Å²) in [5.74, 6) is 1.26. The van der Waals surface area contributed by atoms with Gasteiger partial charge in [0.1, 0.15) is 17.3 Å². The van der Waals surface area contributed by atoms with Crippen LogP contribution in [0, 0.1) is 17.3 Å². The van der Waals surface area contributed by atoms with Gasteiger partial charge in [0.05, 0.1) is 0 Å². The van der Waals surface area contributed by atoms with Crippen molar-refractivity contribution in [1.82, 2.24) is 0 Å². The van der Waals surface area contributed by atoms with Gasteiger partial charge in [-0.2, -0.15) is 0 Å². The summed E-state index contributed by atoms with van der Waals surface area (Å²) in [7, 11) is 0. The average Bonchev–Trinajstić information content (AvgIpc) is 3.10. The second-order valence-electron chi connectivity index (χ2n) is 8.89. The van der Waals surface area contributed by atoms with E-state index in [0.29, 0.717) is 18.3 Å². The Kier molecular flexibility index (Phi) is 2.84. The third-order valence-electron chi connectivity index (χ3n) is 8.05. The van der Waals surface area contributed by atoms with Gasteiger partial charge in [0.2, 0.25) is 0 Å². The molecular formula is C20H26O4. The molecule has 3 saturated carbocycles. The maximum absolute atomic E-state index is 11.8. The molecular weight excluding hydrogens is 304 g/mol. The van der Waals surface area contributed by atoms with Crippen LogP contribution in [0.25, 0.3) is 0 Å². The van der Waals surface area contributed by atoms with Gasteiger partial charge in [-0.15, -0.1) is 0 Å². The molecule has 0 N–H and O–H groups in total. The summed E-state index contributed by atoms with van der Waals surface area (Å²) < 4.78 is 12.2. The summed E-state index contributed by atoms with van der Waals surface area (Å²) in [6, 6.07) is 0. The first-order chi connectivity index (χ1) is 11.4. The van der Waals surface area contributed by atoms with Gasteiger partial charge in [-0.05, 0) is 68.4 Å². The van der Waals surface area contributed by atoms with E-state index in [9.17, 15) is 9.59 Å². The van der Waals surface area contributed by atoms with E-state index in [1.165, 1.54) is 12.5 Å². The van der Waals surface area contributed by atoms with Crippen LogP contribution in [0.15, 0.2) is 11.6 Å². The zero-order valence-electron chi connectivity index (χ0n) is 14.6. The largest absolute Gasteiger partial charge is 0.462 e. The molecule has 1 saturated heterocycles. The number of ether oxygens (including phenoxy) is 2. The van der Waals surface area contributed by atoms with E-state index in [1.54, 1.807) is 0 Å². The first kappa shape index (κ1) is 15.1. The molecule has 4 aliphatic carbocycles. The van der Waals surface area contributed by atoms with E-state index in [1.807, 2.05) is 6.08 Å². The zero-order valence-corrected chi connectivity index (χ0v) is 14.6. The van der Waals surface area contributed by atoms with E-state index >= 15 is 0 Å². The Morgan fingerprint density at radius 3 is 2.79 bits per heavy atom. The molecule has 0 aromatic rings. The first-order valence-electron chi connectivity index (χ1n) is 9.53. The lowest BCUT2D eigenvalue weighted by molar-refractivity contribution is -0.155. The SMILES string of the molecule is CC(=O)O[C@@H]1CC[C@@H]2[C@@H]3CCC4=CC(=O)CC[C@]45O[C@]35CC[C@@]21C. The highest BCUT2D eigenvalue weighted by Crippen LogP contribution is 2.74. The molecule has 0 unspecified atom stereocenters. The predicted molar refractivity (Wildman–Crippen MR) is 87.2 cm³/mol. The molecule has 5 rings (SSSR count). The minimum Gasteiger partial charge on any atom is -0.462 e. The van der Waals surface area contributed by atoms with Crippen molar-refractivity contribution in [2.75, 3.05) is 0 Å². The van der Waals surface area contributed by atoms with Crippen molar-refractivity contribution in [1.29, 1.82) is 0 Å². The van der Waals surface area contributed by atoms with Crippen molar-refractivity contribution >= 4 is 11.8 Å². The minimum atomic E-state index is -0.152. The van der Waals surface area contributed by atoms with Gasteiger partial charge in [0, 0.05) is 18.8 Å². The Balaban J connectivity index is 1.48. The fraction of sp³-hybridized carbons (Fsp3) is 0.800. The lowest BCUT2D eigenvalue weighted by atomic mass is 9.52. The highest BCUT2D eigenvalue weighted by Gasteiger charge is 2.79. The fourth-order valence-corrected chi connectivity index (χ4v) is 6.97. The molecule has 6 atom stereocenters. The summed E-state index contributed by atoms with van der Waals surface area (Å²) in [6.45, 7) is 3.85. The molecule has 0 bridgehead atoms. The van der Waals surface area contributed by atoms with E-state index in [4.69, 9.17) is 9.47 Å². The molecule has 4 fully saturated rings. The standard InChI is InChI=1S/C20H26O4/c1-12(21)23-17-6-5-15-16-4-3-13-11-14(22)7-8-19(13)20(16,24-19)10-9-18(15,17)2/h11,15-17H,3-10H2,1-2H3/t15-,16+,17-,18+,19+,20-/m1/s1. The number of ketones is 1.